The molecule has 1 aromatic rings. The first-order valence-corrected chi connectivity index (χ1v) is 5.42. The third-order valence-corrected chi connectivity index (χ3v) is 1.94. The summed E-state index contributed by atoms with van der Waals surface area (Å²) in [5, 5.41) is 0. The monoisotopic (exact) mass is 229 g/mol. The third kappa shape index (κ3) is 3.91. The van der Waals surface area contributed by atoms with Crippen molar-refractivity contribution in [2.45, 2.75) is 20.0 Å². The summed E-state index contributed by atoms with van der Waals surface area (Å²) in [5.74, 6) is 1.88. The molecule has 0 aliphatic carbocycles. The number of hydrogen-bond acceptors (Lipinski definition) is 4. The highest BCUT2D eigenvalue weighted by molar-refractivity contribution is 6.18. The second-order valence-corrected chi connectivity index (χ2v) is 3.87. The largest absolute Gasteiger partial charge is 0.474 e. The Morgan fingerprint density at radius 3 is 2.80 bits per heavy atom. The zero-order valence-corrected chi connectivity index (χ0v) is 10.0. The van der Waals surface area contributed by atoms with E-state index in [0.29, 0.717) is 11.8 Å². The second-order valence-electron chi connectivity index (χ2n) is 3.49. The number of alkyl halides is 1. The van der Waals surface area contributed by atoms with Gasteiger partial charge in [0.1, 0.15) is 0 Å². The van der Waals surface area contributed by atoms with Crippen LogP contribution in [-0.2, 0) is 0 Å². The average Bonchev–Trinajstić information content (AvgIpc) is 2.17. The van der Waals surface area contributed by atoms with E-state index in [0.717, 1.165) is 12.4 Å². The van der Waals surface area contributed by atoms with Crippen LogP contribution in [0.3, 0.4) is 0 Å². The van der Waals surface area contributed by atoms with Crippen molar-refractivity contribution in [2.75, 3.05) is 24.4 Å². The molecule has 1 aromatic heterocycles. The fourth-order valence-electron chi connectivity index (χ4n) is 1.06. The minimum Gasteiger partial charge on any atom is -0.474 e. The van der Waals surface area contributed by atoms with E-state index in [1.807, 2.05) is 25.8 Å². The molecule has 0 unspecified atom stereocenters. The lowest BCUT2D eigenvalue weighted by Crippen LogP contribution is -2.21. The molecule has 0 N–H and O–H groups in total. The number of hydrogen-bond donors (Lipinski definition) is 0. The molecule has 0 bridgehead atoms. The minimum atomic E-state index is 0.105. The van der Waals surface area contributed by atoms with Gasteiger partial charge < -0.3 is 9.64 Å². The first kappa shape index (κ1) is 12.0. The van der Waals surface area contributed by atoms with Gasteiger partial charge in [0.05, 0.1) is 18.5 Å². The lowest BCUT2D eigenvalue weighted by molar-refractivity contribution is 0.232. The van der Waals surface area contributed by atoms with E-state index in [1.54, 1.807) is 12.4 Å². The van der Waals surface area contributed by atoms with E-state index in [-0.39, 0.29) is 6.10 Å². The molecule has 1 rings (SSSR count). The van der Waals surface area contributed by atoms with Crippen molar-refractivity contribution in [3.63, 3.8) is 0 Å². The predicted molar refractivity (Wildman–Crippen MR) is 61.8 cm³/mol. The Balaban J connectivity index is 2.73. The molecule has 15 heavy (non-hydrogen) atoms. The molecule has 0 aliphatic heterocycles. The van der Waals surface area contributed by atoms with Gasteiger partial charge in [0.25, 0.3) is 0 Å². The van der Waals surface area contributed by atoms with Crippen LogP contribution in [0, 0.1) is 0 Å². The van der Waals surface area contributed by atoms with Gasteiger partial charge in [-0.25, -0.2) is 0 Å². The van der Waals surface area contributed by atoms with Gasteiger partial charge in [0.15, 0.2) is 5.82 Å². The Morgan fingerprint density at radius 2 is 2.20 bits per heavy atom. The molecule has 0 radical (unpaired) electrons. The van der Waals surface area contributed by atoms with Crippen molar-refractivity contribution in [1.29, 1.82) is 0 Å². The molecule has 84 valence electrons. The molecule has 5 heteroatoms. The minimum absolute atomic E-state index is 0.105. The Morgan fingerprint density at radius 1 is 1.47 bits per heavy atom. The van der Waals surface area contributed by atoms with Crippen LogP contribution in [0.1, 0.15) is 13.8 Å². The Hall–Kier alpha value is -1.03. The Labute approximate surface area is 95.2 Å². The molecule has 1 heterocycles. The van der Waals surface area contributed by atoms with Crippen LogP contribution in [0.2, 0.25) is 0 Å². The van der Waals surface area contributed by atoms with Gasteiger partial charge in [-0.15, -0.1) is 11.6 Å². The summed E-state index contributed by atoms with van der Waals surface area (Å²) in [5.41, 5.74) is 0. The molecule has 0 aromatic carbocycles. The van der Waals surface area contributed by atoms with E-state index in [9.17, 15) is 0 Å². The van der Waals surface area contributed by atoms with Crippen LogP contribution in [0.5, 0.6) is 5.88 Å². The summed E-state index contributed by atoms with van der Waals surface area (Å²) >= 11 is 5.65. The molecule has 0 saturated carbocycles. The lowest BCUT2D eigenvalue weighted by Gasteiger charge is -2.17. The number of nitrogens with zero attached hydrogens (tertiary/aromatic N) is 3. The van der Waals surface area contributed by atoms with E-state index >= 15 is 0 Å². The molecular formula is C10H16ClN3O. The van der Waals surface area contributed by atoms with Crippen molar-refractivity contribution in [3.8, 4) is 5.88 Å². The molecule has 0 fully saturated rings. The third-order valence-electron chi connectivity index (χ3n) is 1.77. The van der Waals surface area contributed by atoms with Crippen LogP contribution in [0.25, 0.3) is 0 Å². The lowest BCUT2D eigenvalue weighted by atomic mass is 10.5. The number of ether oxygens (including phenoxy) is 1. The van der Waals surface area contributed by atoms with Crippen molar-refractivity contribution < 1.29 is 4.74 Å². The van der Waals surface area contributed by atoms with E-state index in [2.05, 4.69) is 9.97 Å². The first-order chi connectivity index (χ1) is 7.13. The number of halogens is 1. The Bertz CT molecular complexity index is 306. The topological polar surface area (TPSA) is 38.2 Å². The highest BCUT2D eigenvalue weighted by atomic mass is 35.5. The van der Waals surface area contributed by atoms with Crippen molar-refractivity contribution in [3.05, 3.63) is 12.4 Å². The fraction of sp³-hybridized carbons (Fsp3) is 0.600. The SMILES string of the molecule is CC(C)Oc1cncc(N(C)CCCl)n1. The van der Waals surface area contributed by atoms with Gasteiger partial charge in [0.2, 0.25) is 5.88 Å². The van der Waals surface area contributed by atoms with Crippen LogP contribution in [-0.4, -0.2) is 35.5 Å². The molecule has 4 nitrogen and oxygen atoms in total. The number of anilines is 1. The maximum atomic E-state index is 5.65. The smallest absolute Gasteiger partial charge is 0.234 e. The highest BCUT2D eigenvalue weighted by Crippen LogP contribution is 2.13. The van der Waals surface area contributed by atoms with Gasteiger partial charge in [-0.3, -0.25) is 4.98 Å². The summed E-state index contributed by atoms with van der Waals surface area (Å²) in [6.07, 6.45) is 3.41. The van der Waals surface area contributed by atoms with Crippen LogP contribution < -0.4 is 9.64 Å². The Kier molecular flexibility index (Phi) is 4.62. The summed E-state index contributed by atoms with van der Waals surface area (Å²) in [6.45, 7) is 4.65. The summed E-state index contributed by atoms with van der Waals surface area (Å²) in [6, 6.07) is 0. The van der Waals surface area contributed by atoms with E-state index in [1.165, 1.54) is 0 Å². The summed E-state index contributed by atoms with van der Waals surface area (Å²) in [7, 11) is 1.92. The number of rotatable bonds is 5. The molecular weight excluding hydrogens is 214 g/mol. The van der Waals surface area contributed by atoms with Crippen LogP contribution in [0.4, 0.5) is 5.82 Å². The van der Waals surface area contributed by atoms with E-state index < -0.39 is 0 Å². The molecule has 0 saturated heterocycles. The van der Waals surface area contributed by atoms with Crippen molar-refractivity contribution in [1.82, 2.24) is 9.97 Å². The van der Waals surface area contributed by atoms with E-state index in [4.69, 9.17) is 16.3 Å². The average molecular weight is 230 g/mol. The maximum absolute atomic E-state index is 5.65. The standard InChI is InChI=1S/C10H16ClN3O/c1-8(2)15-10-7-12-6-9(13-10)14(3)5-4-11/h6-8H,4-5H2,1-3H3. The molecule has 0 atom stereocenters. The van der Waals surface area contributed by atoms with Gasteiger partial charge in [-0.1, -0.05) is 0 Å². The van der Waals surface area contributed by atoms with Crippen molar-refractivity contribution >= 4 is 17.4 Å². The van der Waals surface area contributed by atoms with Crippen LogP contribution in [0.15, 0.2) is 12.4 Å². The number of aromatic nitrogens is 2. The zero-order valence-electron chi connectivity index (χ0n) is 9.27. The summed E-state index contributed by atoms with van der Waals surface area (Å²) < 4.78 is 5.45. The second kappa shape index (κ2) is 5.75. The van der Waals surface area contributed by atoms with Crippen molar-refractivity contribution in [2.24, 2.45) is 0 Å². The van der Waals surface area contributed by atoms with Gasteiger partial charge in [0, 0.05) is 19.5 Å². The van der Waals surface area contributed by atoms with Crippen LogP contribution >= 0.6 is 11.6 Å². The first-order valence-electron chi connectivity index (χ1n) is 4.89. The fourth-order valence-corrected chi connectivity index (χ4v) is 1.32. The van der Waals surface area contributed by atoms with Gasteiger partial charge in [-0.05, 0) is 13.8 Å². The summed E-state index contributed by atoms with van der Waals surface area (Å²) in [4.78, 5) is 10.3. The quantitative estimate of drug-likeness (QED) is 0.724. The molecule has 0 spiro atoms. The predicted octanol–water partition coefficient (Wildman–Crippen LogP) is 1.94. The van der Waals surface area contributed by atoms with Gasteiger partial charge >= 0.3 is 0 Å². The van der Waals surface area contributed by atoms with Gasteiger partial charge in [-0.2, -0.15) is 4.98 Å². The zero-order chi connectivity index (χ0) is 11.3. The molecule has 0 amide bonds. The normalized spacial score (nSPS) is 10.5. The molecule has 0 aliphatic rings. The maximum Gasteiger partial charge on any atom is 0.234 e. The highest BCUT2D eigenvalue weighted by Gasteiger charge is 2.05.